The van der Waals surface area contributed by atoms with Crippen LogP contribution in [0.15, 0.2) is 49.1 Å². The van der Waals surface area contributed by atoms with Crippen molar-refractivity contribution in [3.8, 4) is 29.0 Å². The molecule has 0 aliphatic heterocycles. The van der Waals surface area contributed by atoms with Crippen LogP contribution in [-0.2, 0) is 12.7 Å². The lowest BCUT2D eigenvalue weighted by molar-refractivity contribution is -0.141. The molecule has 190 valence electrons. The number of halogens is 3. The normalized spacial score (nSPS) is 13.6. The van der Waals surface area contributed by atoms with Crippen LogP contribution in [0.3, 0.4) is 0 Å². The first-order valence-electron chi connectivity index (χ1n) is 11.6. The Kier molecular flexibility index (Phi) is 5.52. The second-order valence-corrected chi connectivity index (χ2v) is 8.79. The Bertz CT molecular complexity index is 1700. The molecule has 13 heteroatoms. The van der Waals surface area contributed by atoms with E-state index in [-0.39, 0.29) is 5.69 Å². The Hall–Kier alpha value is -4.86. The Labute approximate surface area is 213 Å². The van der Waals surface area contributed by atoms with E-state index in [0.717, 1.165) is 40.2 Å². The number of hydrogen-bond acceptors (Lipinski definition) is 8. The number of rotatable bonds is 6. The van der Waals surface area contributed by atoms with Crippen molar-refractivity contribution in [2.45, 2.75) is 31.5 Å². The molecule has 1 saturated carbocycles. The highest BCUT2D eigenvalue weighted by Gasteiger charge is 2.35. The minimum absolute atomic E-state index is 0.210. The second-order valence-electron chi connectivity index (χ2n) is 8.79. The van der Waals surface area contributed by atoms with Gasteiger partial charge in [-0.1, -0.05) is 12.1 Å². The Morgan fingerprint density at radius 2 is 1.89 bits per heavy atom. The molecule has 1 aliphatic rings. The van der Waals surface area contributed by atoms with Crippen LogP contribution < -0.4 is 4.74 Å². The van der Waals surface area contributed by atoms with Crippen molar-refractivity contribution in [2.24, 2.45) is 0 Å². The molecule has 4 heterocycles. The summed E-state index contributed by atoms with van der Waals surface area (Å²) in [4.78, 5) is 18.0. The van der Waals surface area contributed by atoms with Gasteiger partial charge in [-0.15, -0.1) is 0 Å². The molecule has 0 bridgehead atoms. The van der Waals surface area contributed by atoms with Crippen LogP contribution >= 0.6 is 0 Å². The molecule has 0 unspecified atom stereocenters. The molecule has 5 aromatic rings. The van der Waals surface area contributed by atoms with E-state index in [1.165, 1.54) is 6.33 Å². The van der Waals surface area contributed by atoms with Gasteiger partial charge in [-0.25, -0.2) is 29.3 Å². The first-order chi connectivity index (χ1) is 18.4. The average molecular weight is 517 g/mol. The summed E-state index contributed by atoms with van der Waals surface area (Å²) in [7, 11) is 1.54. The fourth-order valence-electron chi connectivity index (χ4n) is 4.23. The highest BCUT2D eigenvalue weighted by Crippen LogP contribution is 2.44. The standard InChI is InChI=1S/C25H18F3N9O/c1-38-24-20(21(15-4-5-15)31-13-32-24)22-30-10-16-11-33-36(23(16)34-22)12-14-2-6-17(7-3-14)37-18(9-29)8-19(35-37)25(26,27)28/h2-3,6-8,10-11,13,15H,4-5,12H2,1H3. The molecule has 0 atom stereocenters. The lowest BCUT2D eigenvalue weighted by Crippen LogP contribution is -2.08. The van der Waals surface area contributed by atoms with Crippen LogP contribution in [0.25, 0.3) is 28.1 Å². The third-order valence-electron chi connectivity index (χ3n) is 6.23. The van der Waals surface area contributed by atoms with Gasteiger partial charge in [0.05, 0.1) is 36.6 Å². The number of nitrogens with zero attached hydrogens (tertiary/aromatic N) is 9. The zero-order chi connectivity index (χ0) is 26.4. The summed E-state index contributed by atoms with van der Waals surface area (Å²) in [6.45, 7) is 0.343. The molecule has 38 heavy (non-hydrogen) atoms. The maximum atomic E-state index is 13.1. The first-order valence-corrected chi connectivity index (χ1v) is 11.6. The predicted molar refractivity (Wildman–Crippen MR) is 127 cm³/mol. The van der Waals surface area contributed by atoms with E-state index in [9.17, 15) is 18.4 Å². The maximum Gasteiger partial charge on any atom is 0.435 e. The summed E-state index contributed by atoms with van der Waals surface area (Å²) in [6.07, 6.45) is 2.26. The third-order valence-corrected chi connectivity index (χ3v) is 6.23. The summed E-state index contributed by atoms with van der Waals surface area (Å²) < 4.78 is 47.3. The van der Waals surface area contributed by atoms with Crippen molar-refractivity contribution >= 4 is 11.0 Å². The topological polar surface area (TPSA) is 120 Å². The van der Waals surface area contributed by atoms with Crippen LogP contribution in [0.5, 0.6) is 5.88 Å². The number of alkyl halides is 3. The highest BCUT2D eigenvalue weighted by atomic mass is 19.4. The van der Waals surface area contributed by atoms with Crippen molar-refractivity contribution in [3.63, 3.8) is 0 Å². The lowest BCUT2D eigenvalue weighted by Gasteiger charge is -2.11. The minimum Gasteiger partial charge on any atom is -0.480 e. The number of benzene rings is 1. The second kappa shape index (κ2) is 8.91. The van der Waals surface area contributed by atoms with Crippen molar-refractivity contribution in [2.75, 3.05) is 7.11 Å². The van der Waals surface area contributed by atoms with Crippen molar-refractivity contribution < 1.29 is 17.9 Å². The van der Waals surface area contributed by atoms with E-state index in [1.807, 2.05) is 0 Å². The van der Waals surface area contributed by atoms with E-state index in [4.69, 9.17) is 9.72 Å². The van der Waals surface area contributed by atoms with Gasteiger partial charge in [-0.05, 0) is 30.5 Å². The van der Waals surface area contributed by atoms with Crippen LogP contribution in [0, 0.1) is 11.3 Å². The van der Waals surface area contributed by atoms with Gasteiger partial charge in [0.2, 0.25) is 5.88 Å². The number of methoxy groups -OCH3 is 1. The Balaban J connectivity index is 1.32. The van der Waals surface area contributed by atoms with Gasteiger partial charge in [0.15, 0.2) is 17.2 Å². The van der Waals surface area contributed by atoms with Gasteiger partial charge in [0.25, 0.3) is 0 Å². The number of aromatic nitrogens is 8. The van der Waals surface area contributed by atoms with Crippen LogP contribution in [-0.4, -0.2) is 46.6 Å². The molecule has 0 amide bonds. The summed E-state index contributed by atoms with van der Waals surface area (Å²) in [5.74, 6) is 1.18. The van der Waals surface area contributed by atoms with Gasteiger partial charge in [0.1, 0.15) is 23.7 Å². The zero-order valence-electron chi connectivity index (χ0n) is 19.9. The summed E-state index contributed by atoms with van der Waals surface area (Å²) in [5, 5.41) is 18.0. The van der Waals surface area contributed by atoms with Crippen LogP contribution in [0.4, 0.5) is 13.2 Å². The molecule has 10 nitrogen and oxygen atoms in total. The van der Waals surface area contributed by atoms with E-state index < -0.39 is 11.9 Å². The van der Waals surface area contributed by atoms with E-state index >= 15 is 0 Å². The quantitative estimate of drug-likeness (QED) is 0.327. The third kappa shape index (κ3) is 4.19. The predicted octanol–water partition coefficient (Wildman–Crippen LogP) is 4.29. The molecular weight excluding hydrogens is 499 g/mol. The highest BCUT2D eigenvalue weighted by molar-refractivity contribution is 5.77. The zero-order valence-corrected chi connectivity index (χ0v) is 19.9. The fourth-order valence-corrected chi connectivity index (χ4v) is 4.23. The first kappa shape index (κ1) is 23.5. The van der Waals surface area contributed by atoms with Crippen molar-refractivity contribution in [1.29, 1.82) is 5.26 Å². The lowest BCUT2D eigenvalue weighted by atomic mass is 10.1. The minimum atomic E-state index is -4.64. The molecule has 0 N–H and O–H groups in total. The average Bonchev–Trinajstić information content (AvgIpc) is 3.55. The molecule has 0 radical (unpaired) electrons. The number of ether oxygens (including phenoxy) is 1. The van der Waals surface area contributed by atoms with Gasteiger partial charge >= 0.3 is 6.18 Å². The summed E-state index contributed by atoms with van der Waals surface area (Å²) in [6, 6.07) is 9.15. The Morgan fingerprint density at radius 3 is 2.58 bits per heavy atom. The molecule has 0 spiro atoms. The largest absolute Gasteiger partial charge is 0.480 e. The molecule has 4 aromatic heterocycles. The smallest absolute Gasteiger partial charge is 0.435 e. The van der Waals surface area contributed by atoms with Gasteiger partial charge in [-0.2, -0.15) is 28.6 Å². The van der Waals surface area contributed by atoms with Gasteiger partial charge in [0, 0.05) is 18.2 Å². The molecular formula is C25H18F3N9O. The van der Waals surface area contributed by atoms with Gasteiger partial charge < -0.3 is 4.74 Å². The van der Waals surface area contributed by atoms with E-state index in [1.54, 1.807) is 54.5 Å². The molecule has 0 saturated heterocycles. The molecule has 1 aliphatic carbocycles. The maximum absolute atomic E-state index is 13.1. The summed E-state index contributed by atoms with van der Waals surface area (Å²) >= 11 is 0. The molecule has 1 aromatic carbocycles. The SMILES string of the molecule is COc1ncnc(C2CC2)c1-c1ncc2cnn(Cc3ccc(-n4nc(C(F)(F)F)cc4C#N)cc3)c2n1. The number of hydrogen-bond donors (Lipinski definition) is 0. The van der Waals surface area contributed by atoms with E-state index in [2.05, 4.69) is 25.1 Å². The van der Waals surface area contributed by atoms with E-state index in [0.29, 0.717) is 41.1 Å². The summed E-state index contributed by atoms with van der Waals surface area (Å²) in [5.41, 5.74) is 1.95. The monoisotopic (exact) mass is 517 g/mol. The number of fused-ring (bicyclic) bond motifs is 1. The molecule has 1 fully saturated rings. The van der Waals surface area contributed by atoms with Crippen molar-refractivity contribution in [3.05, 3.63) is 71.7 Å². The van der Waals surface area contributed by atoms with Crippen LogP contribution in [0.2, 0.25) is 0 Å². The molecule has 6 rings (SSSR count). The van der Waals surface area contributed by atoms with Crippen LogP contribution in [0.1, 0.15) is 41.4 Å². The van der Waals surface area contributed by atoms with Gasteiger partial charge in [-0.3, -0.25) is 0 Å². The fraction of sp³-hybridized carbons (Fsp3) is 0.240. The number of nitriles is 1. The van der Waals surface area contributed by atoms with Crippen molar-refractivity contribution in [1.82, 2.24) is 39.5 Å². The Morgan fingerprint density at radius 1 is 1.11 bits per heavy atom.